The SMILES string of the molecule is C=C(C)C1(O)CC=C(C)CC1.CC1=CCC2(CC1)OC2(C)C.I.II. The maximum Gasteiger partial charge on any atom is 0.101 e. The summed E-state index contributed by atoms with van der Waals surface area (Å²) in [7, 11) is 0. The Balaban J connectivity index is 0.000000405. The van der Waals surface area contributed by atoms with Crippen molar-refractivity contribution in [3.05, 3.63) is 35.5 Å². The summed E-state index contributed by atoms with van der Waals surface area (Å²) < 4.78 is 5.74. The Morgan fingerprint density at radius 2 is 1.52 bits per heavy atom. The lowest BCUT2D eigenvalue weighted by molar-refractivity contribution is 0.0679. The molecular formula is C20H33I3O2. The molecule has 0 aromatic carbocycles. The number of rotatable bonds is 1. The first-order chi connectivity index (χ1) is 11.1. The van der Waals surface area contributed by atoms with Gasteiger partial charge >= 0.3 is 0 Å². The van der Waals surface area contributed by atoms with Gasteiger partial charge in [0, 0.05) is 37.2 Å². The first kappa shape index (κ1) is 26.3. The van der Waals surface area contributed by atoms with Crippen LogP contribution in [0.15, 0.2) is 35.5 Å². The van der Waals surface area contributed by atoms with E-state index >= 15 is 0 Å². The fourth-order valence-corrected chi connectivity index (χ4v) is 3.38. The van der Waals surface area contributed by atoms with Gasteiger partial charge in [0.2, 0.25) is 0 Å². The molecule has 1 fully saturated rings. The van der Waals surface area contributed by atoms with E-state index in [4.69, 9.17) is 4.74 Å². The van der Waals surface area contributed by atoms with E-state index in [1.165, 1.54) is 24.0 Å². The van der Waals surface area contributed by atoms with Gasteiger partial charge in [-0.2, -0.15) is 0 Å². The minimum absolute atomic E-state index is 0. The molecule has 1 saturated heterocycles. The Labute approximate surface area is 194 Å². The monoisotopic (exact) mass is 686 g/mol. The van der Waals surface area contributed by atoms with E-state index in [2.05, 4.69) is 83.7 Å². The summed E-state index contributed by atoms with van der Waals surface area (Å²) in [6, 6.07) is 0. The molecule has 1 spiro atoms. The van der Waals surface area contributed by atoms with Gasteiger partial charge in [-0.25, -0.2) is 0 Å². The van der Waals surface area contributed by atoms with Crippen LogP contribution in [-0.4, -0.2) is 21.9 Å². The van der Waals surface area contributed by atoms with Crippen LogP contribution in [0.3, 0.4) is 0 Å². The molecule has 2 unspecified atom stereocenters. The zero-order valence-electron chi connectivity index (χ0n) is 16.1. The zero-order chi connectivity index (χ0) is 18.6. The fourth-order valence-electron chi connectivity index (χ4n) is 3.38. The number of hydrogen-bond acceptors (Lipinski definition) is 2. The summed E-state index contributed by atoms with van der Waals surface area (Å²) in [6.45, 7) is 14.4. The number of aliphatic hydroxyl groups is 1. The first-order valence-electron chi connectivity index (χ1n) is 8.64. The Bertz CT molecular complexity index is 525. The van der Waals surface area contributed by atoms with Crippen LogP contribution in [0.5, 0.6) is 0 Å². The molecule has 0 saturated carbocycles. The van der Waals surface area contributed by atoms with Gasteiger partial charge in [-0.05, 0) is 78.7 Å². The van der Waals surface area contributed by atoms with Crippen molar-refractivity contribution in [2.45, 2.75) is 89.9 Å². The van der Waals surface area contributed by atoms with Crippen LogP contribution in [0.4, 0.5) is 0 Å². The van der Waals surface area contributed by atoms with Gasteiger partial charge in [0.1, 0.15) is 5.60 Å². The van der Waals surface area contributed by atoms with E-state index in [1.54, 1.807) is 0 Å². The Morgan fingerprint density at radius 3 is 1.80 bits per heavy atom. The van der Waals surface area contributed by atoms with Gasteiger partial charge in [-0.1, -0.05) is 29.9 Å². The molecule has 0 radical (unpaired) electrons. The highest BCUT2D eigenvalue weighted by atomic mass is 128. The molecule has 0 aromatic rings. The van der Waals surface area contributed by atoms with E-state index in [9.17, 15) is 5.11 Å². The van der Waals surface area contributed by atoms with Crippen molar-refractivity contribution < 1.29 is 9.84 Å². The largest absolute Gasteiger partial charge is 0.385 e. The molecule has 2 aliphatic carbocycles. The molecule has 0 amide bonds. The topological polar surface area (TPSA) is 32.8 Å². The summed E-state index contributed by atoms with van der Waals surface area (Å²) in [5.74, 6) is 0. The molecule has 0 aromatic heterocycles. The summed E-state index contributed by atoms with van der Waals surface area (Å²) >= 11 is 4.24. The molecule has 3 rings (SSSR count). The molecule has 3 aliphatic rings. The maximum absolute atomic E-state index is 9.92. The summed E-state index contributed by atoms with van der Waals surface area (Å²) in [6.07, 6.45) is 10.6. The normalized spacial score (nSPS) is 31.8. The Kier molecular flexibility index (Phi) is 11.3. The van der Waals surface area contributed by atoms with Crippen molar-refractivity contribution in [2.24, 2.45) is 0 Å². The lowest BCUT2D eigenvalue weighted by atomic mass is 9.82. The molecule has 1 N–H and O–H groups in total. The fraction of sp³-hybridized carbons (Fsp3) is 0.700. The second-order valence-electron chi connectivity index (χ2n) is 7.93. The standard InChI is InChI=1S/2C10H16O.I2.HI/c1-8-4-6-10(7-5-8)9(2,3)11-10;1-8(2)10(11)6-4-9(3)5-7-10;1-2;/h4H,5-7H2,1-3H3;4,11H,1,5-7H2,2-3H3;;1H. The van der Waals surface area contributed by atoms with Crippen molar-refractivity contribution in [3.8, 4) is 0 Å². The number of epoxide rings is 1. The molecule has 2 nitrogen and oxygen atoms in total. The van der Waals surface area contributed by atoms with Gasteiger partial charge in [0.25, 0.3) is 0 Å². The first-order valence-corrected chi connectivity index (χ1v) is 14.9. The molecule has 1 heterocycles. The average molecular weight is 686 g/mol. The predicted octanol–water partition coefficient (Wildman–Crippen LogP) is 7.48. The summed E-state index contributed by atoms with van der Waals surface area (Å²) in [5.41, 5.74) is 3.58. The van der Waals surface area contributed by atoms with E-state index in [-0.39, 0.29) is 35.2 Å². The molecular weight excluding hydrogens is 653 g/mol. The van der Waals surface area contributed by atoms with Crippen molar-refractivity contribution in [2.75, 3.05) is 0 Å². The smallest absolute Gasteiger partial charge is 0.101 e. The number of hydrogen-bond donors (Lipinski definition) is 1. The highest BCUT2D eigenvalue weighted by molar-refractivity contribution is 15.0. The van der Waals surface area contributed by atoms with Crippen LogP contribution in [0.1, 0.15) is 73.1 Å². The molecule has 25 heavy (non-hydrogen) atoms. The van der Waals surface area contributed by atoms with Crippen LogP contribution < -0.4 is 0 Å². The van der Waals surface area contributed by atoms with Gasteiger partial charge in [-0.3, -0.25) is 0 Å². The van der Waals surface area contributed by atoms with Gasteiger partial charge in [0.05, 0.1) is 11.2 Å². The molecule has 1 aliphatic heterocycles. The third kappa shape index (κ3) is 7.02. The van der Waals surface area contributed by atoms with Crippen LogP contribution in [0, 0.1) is 0 Å². The van der Waals surface area contributed by atoms with E-state index in [0.29, 0.717) is 0 Å². The quantitative estimate of drug-likeness (QED) is 0.177. The molecule has 2 atom stereocenters. The Morgan fingerprint density at radius 1 is 1.08 bits per heavy atom. The van der Waals surface area contributed by atoms with E-state index in [0.717, 1.165) is 31.3 Å². The predicted molar refractivity (Wildman–Crippen MR) is 136 cm³/mol. The zero-order valence-corrected chi connectivity index (χ0v) is 22.8. The summed E-state index contributed by atoms with van der Waals surface area (Å²) in [5, 5.41) is 9.92. The highest BCUT2D eigenvalue weighted by Crippen LogP contribution is 2.55. The highest BCUT2D eigenvalue weighted by Gasteiger charge is 2.62. The van der Waals surface area contributed by atoms with E-state index < -0.39 is 5.60 Å². The third-order valence-corrected chi connectivity index (χ3v) is 5.73. The van der Waals surface area contributed by atoms with Gasteiger partial charge in [-0.15, -0.1) is 24.0 Å². The second-order valence-corrected chi connectivity index (χ2v) is 7.93. The third-order valence-electron chi connectivity index (χ3n) is 5.73. The lowest BCUT2D eigenvalue weighted by Gasteiger charge is -2.31. The van der Waals surface area contributed by atoms with Gasteiger partial charge in [0.15, 0.2) is 0 Å². The number of ether oxygens (including phenoxy) is 1. The second kappa shape index (κ2) is 10.8. The Hall–Kier alpha value is 1.33. The van der Waals surface area contributed by atoms with E-state index in [1.807, 2.05) is 6.92 Å². The molecule has 0 bridgehead atoms. The minimum Gasteiger partial charge on any atom is -0.385 e. The van der Waals surface area contributed by atoms with Crippen molar-refractivity contribution >= 4 is 61.2 Å². The average Bonchev–Trinajstić information content (AvgIpc) is 3.09. The van der Waals surface area contributed by atoms with Crippen LogP contribution in [0.2, 0.25) is 0 Å². The van der Waals surface area contributed by atoms with Crippen molar-refractivity contribution in [1.29, 1.82) is 0 Å². The lowest BCUT2D eigenvalue weighted by Crippen LogP contribution is -2.31. The van der Waals surface area contributed by atoms with Crippen molar-refractivity contribution in [3.63, 3.8) is 0 Å². The molecule has 146 valence electrons. The van der Waals surface area contributed by atoms with Crippen molar-refractivity contribution in [1.82, 2.24) is 0 Å². The number of allylic oxidation sites excluding steroid dienone is 2. The minimum atomic E-state index is -0.612. The van der Waals surface area contributed by atoms with Gasteiger partial charge < -0.3 is 9.84 Å². The maximum atomic E-state index is 9.92. The summed E-state index contributed by atoms with van der Waals surface area (Å²) in [4.78, 5) is 0. The van der Waals surface area contributed by atoms with Crippen LogP contribution in [0.25, 0.3) is 0 Å². The van der Waals surface area contributed by atoms with Crippen LogP contribution >= 0.6 is 61.2 Å². The number of halogens is 3. The van der Waals surface area contributed by atoms with Crippen LogP contribution in [-0.2, 0) is 4.74 Å². The molecule has 5 heteroatoms.